The minimum absolute atomic E-state index is 0.273. The SMILES string of the molecule is CC(=S)C(=O)OC(C)(C)C. The second kappa shape index (κ2) is 3.10. The molecule has 10 heavy (non-hydrogen) atoms. The van der Waals surface area contributed by atoms with Gasteiger partial charge in [-0.3, -0.25) is 0 Å². The highest BCUT2D eigenvalue weighted by Gasteiger charge is 2.16. The van der Waals surface area contributed by atoms with Crippen LogP contribution in [0.15, 0.2) is 0 Å². The van der Waals surface area contributed by atoms with Crippen molar-refractivity contribution in [3.8, 4) is 0 Å². The van der Waals surface area contributed by atoms with Gasteiger partial charge in [0.05, 0.1) is 4.86 Å². The van der Waals surface area contributed by atoms with Crippen molar-refractivity contribution in [2.75, 3.05) is 0 Å². The van der Waals surface area contributed by atoms with Crippen LogP contribution in [0.25, 0.3) is 0 Å². The Kier molecular flexibility index (Phi) is 2.96. The zero-order valence-corrected chi connectivity index (χ0v) is 7.54. The van der Waals surface area contributed by atoms with E-state index in [1.165, 1.54) is 0 Å². The van der Waals surface area contributed by atoms with Crippen molar-refractivity contribution in [2.24, 2.45) is 0 Å². The normalized spacial score (nSPS) is 10.8. The van der Waals surface area contributed by atoms with Gasteiger partial charge in [-0.2, -0.15) is 0 Å². The molecular formula is C7H12O2S. The summed E-state index contributed by atoms with van der Waals surface area (Å²) in [5.41, 5.74) is -0.433. The van der Waals surface area contributed by atoms with Crippen LogP contribution in [0.4, 0.5) is 0 Å². The third-order valence-corrected chi connectivity index (χ3v) is 0.853. The topological polar surface area (TPSA) is 26.3 Å². The van der Waals surface area contributed by atoms with Gasteiger partial charge in [0.15, 0.2) is 0 Å². The van der Waals surface area contributed by atoms with E-state index in [0.717, 1.165) is 0 Å². The molecule has 0 heterocycles. The molecule has 0 aromatic heterocycles. The van der Waals surface area contributed by atoms with Gasteiger partial charge < -0.3 is 4.74 Å². The molecule has 0 rings (SSSR count). The van der Waals surface area contributed by atoms with Gasteiger partial charge in [0.1, 0.15) is 5.60 Å². The summed E-state index contributed by atoms with van der Waals surface area (Å²) in [6.45, 7) is 6.99. The number of rotatable bonds is 1. The first-order chi connectivity index (χ1) is 4.33. The lowest BCUT2D eigenvalue weighted by molar-refractivity contribution is -0.145. The lowest BCUT2D eigenvalue weighted by Gasteiger charge is -2.18. The highest BCUT2D eigenvalue weighted by Crippen LogP contribution is 2.06. The van der Waals surface area contributed by atoms with E-state index in [-0.39, 0.29) is 4.86 Å². The third-order valence-electron chi connectivity index (χ3n) is 0.686. The molecule has 0 atom stereocenters. The minimum Gasteiger partial charge on any atom is -0.456 e. The fraction of sp³-hybridized carbons (Fsp3) is 0.714. The molecule has 0 fully saturated rings. The number of carbonyl (C=O) groups is 1. The molecule has 58 valence electrons. The van der Waals surface area contributed by atoms with Crippen LogP contribution < -0.4 is 0 Å². The van der Waals surface area contributed by atoms with E-state index >= 15 is 0 Å². The van der Waals surface area contributed by atoms with Gasteiger partial charge in [-0.1, -0.05) is 12.2 Å². The summed E-state index contributed by atoms with van der Waals surface area (Å²) in [5, 5.41) is 0. The fourth-order valence-corrected chi connectivity index (χ4v) is 0.392. The van der Waals surface area contributed by atoms with Crippen LogP contribution in [0.1, 0.15) is 27.7 Å². The molecule has 3 heteroatoms. The third kappa shape index (κ3) is 4.44. The van der Waals surface area contributed by atoms with Crippen LogP contribution in [-0.2, 0) is 9.53 Å². The van der Waals surface area contributed by atoms with Gasteiger partial charge in [0.25, 0.3) is 0 Å². The first-order valence-corrected chi connectivity index (χ1v) is 3.47. The average molecular weight is 160 g/mol. The molecule has 0 unspecified atom stereocenters. The Bertz CT molecular complexity index is 155. The number of carbonyl (C=O) groups excluding carboxylic acids is 1. The second-order valence-corrected chi connectivity index (χ2v) is 3.67. The molecule has 0 aromatic carbocycles. The van der Waals surface area contributed by atoms with Crippen LogP contribution in [0.3, 0.4) is 0 Å². The maximum absolute atomic E-state index is 10.8. The Labute approximate surface area is 66.6 Å². The van der Waals surface area contributed by atoms with Crippen LogP contribution in [0.2, 0.25) is 0 Å². The fourth-order valence-electron chi connectivity index (χ4n) is 0.350. The molecule has 0 amide bonds. The number of ether oxygens (including phenoxy) is 1. The van der Waals surface area contributed by atoms with Crippen molar-refractivity contribution in [3.05, 3.63) is 0 Å². The standard InChI is InChI=1S/C7H12O2S/c1-5(10)6(8)9-7(2,3)4/h1-4H3. The van der Waals surface area contributed by atoms with Crippen LogP contribution in [-0.4, -0.2) is 16.4 Å². The quantitative estimate of drug-likeness (QED) is 0.431. The lowest BCUT2D eigenvalue weighted by atomic mass is 10.2. The van der Waals surface area contributed by atoms with Crippen molar-refractivity contribution >= 4 is 23.1 Å². The van der Waals surface area contributed by atoms with E-state index in [2.05, 4.69) is 12.2 Å². The zero-order valence-electron chi connectivity index (χ0n) is 6.72. The summed E-state index contributed by atoms with van der Waals surface area (Å²) in [4.78, 5) is 11.1. The molecule has 0 aliphatic carbocycles. The summed E-state index contributed by atoms with van der Waals surface area (Å²) in [6, 6.07) is 0. The van der Waals surface area contributed by atoms with Gasteiger partial charge in [0, 0.05) is 0 Å². The summed E-state index contributed by atoms with van der Waals surface area (Å²) in [7, 11) is 0. The van der Waals surface area contributed by atoms with E-state index in [1.807, 2.05) is 20.8 Å². The molecule has 0 bridgehead atoms. The Morgan fingerprint density at radius 1 is 1.40 bits per heavy atom. The first kappa shape index (κ1) is 9.56. The Morgan fingerprint density at radius 3 is 1.90 bits per heavy atom. The van der Waals surface area contributed by atoms with Crippen molar-refractivity contribution in [3.63, 3.8) is 0 Å². The van der Waals surface area contributed by atoms with Gasteiger partial charge in [-0.05, 0) is 27.7 Å². The summed E-state index contributed by atoms with van der Waals surface area (Å²) in [6.07, 6.45) is 0. The molecule has 0 N–H and O–H groups in total. The molecule has 0 aromatic rings. The van der Waals surface area contributed by atoms with Crippen LogP contribution in [0, 0.1) is 0 Å². The molecule has 0 radical (unpaired) electrons. The van der Waals surface area contributed by atoms with E-state index in [0.29, 0.717) is 0 Å². The zero-order chi connectivity index (χ0) is 8.36. The number of hydrogen-bond acceptors (Lipinski definition) is 3. The van der Waals surface area contributed by atoms with Crippen molar-refractivity contribution < 1.29 is 9.53 Å². The van der Waals surface area contributed by atoms with Crippen molar-refractivity contribution in [1.29, 1.82) is 0 Å². The van der Waals surface area contributed by atoms with Crippen molar-refractivity contribution in [1.82, 2.24) is 0 Å². The lowest BCUT2D eigenvalue weighted by Crippen LogP contribution is -2.26. The highest BCUT2D eigenvalue weighted by atomic mass is 32.1. The largest absolute Gasteiger partial charge is 0.456 e. The summed E-state index contributed by atoms with van der Waals surface area (Å²) in [5.74, 6) is -0.400. The molecule has 2 nitrogen and oxygen atoms in total. The molecule has 0 aliphatic rings. The molecule has 0 saturated heterocycles. The van der Waals surface area contributed by atoms with E-state index < -0.39 is 11.6 Å². The van der Waals surface area contributed by atoms with Gasteiger partial charge >= 0.3 is 5.97 Å². The molecule has 0 aliphatic heterocycles. The van der Waals surface area contributed by atoms with E-state index in [1.54, 1.807) is 6.92 Å². The van der Waals surface area contributed by atoms with E-state index in [4.69, 9.17) is 4.74 Å². The van der Waals surface area contributed by atoms with Gasteiger partial charge in [0.2, 0.25) is 0 Å². The first-order valence-electron chi connectivity index (χ1n) is 3.07. The molecular weight excluding hydrogens is 148 g/mol. The van der Waals surface area contributed by atoms with E-state index in [9.17, 15) is 4.79 Å². The van der Waals surface area contributed by atoms with Crippen molar-refractivity contribution in [2.45, 2.75) is 33.3 Å². The second-order valence-electron chi connectivity index (χ2n) is 3.06. The monoisotopic (exact) mass is 160 g/mol. The Hall–Kier alpha value is -0.440. The Morgan fingerprint density at radius 2 is 1.80 bits per heavy atom. The summed E-state index contributed by atoms with van der Waals surface area (Å²) < 4.78 is 4.92. The highest BCUT2D eigenvalue weighted by molar-refractivity contribution is 7.82. The van der Waals surface area contributed by atoms with Gasteiger partial charge in [-0.25, -0.2) is 4.79 Å². The summed E-state index contributed by atoms with van der Waals surface area (Å²) >= 11 is 4.61. The maximum Gasteiger partial charge on any atom is 0.345 e. The molecule has 0 spiro atoms. The minimum atomic E-state index is -0.433. The maximum atomic E-state index is 10.8. The van der Waals surface area contributed by atoms with Crippen LogP contribution >= 0.6 is 12.2 Å². The molecule has 0 saturated carbocycles. The van der Waals surface area contributed by atoms with Crippen LogP contribution in [0.5, 0.6) is 0 Å². The van der Waals surface area contributed by atoms with Gasteiger partial charge in [-0.15, -0.1) is 0 Å². The predicted molar refractivity (Wildman–Crippen MR) is 44.1 cm³/mol. The predicted octanol–water partition coefficient (Wildman–Crippen LogP) is 1.72. The number of thiocarbonyl (C=S) groups is 1. The Balaban J connectivity index is 3.93. The average Bonchev–Trinajstić information content (AvgIpc) is 1.60. The number of hydrogen-bond donors (Lipinski definition) is 0. The number of esters is 1. The smallest absolute Gasteiger partial charge is 0.345 e.